The number of unbranched alkanes of at least 4 members (excludes halogenated alkanes) is 1. The number of carbonyl (C=O) groups excluding carboxylic acids is 1. The van der Waals surface area contributed by atoms with Crippen molar-refractivity contribution < 1.29 is 4.79 Å². The predicted octanol–water partition coefficient (Wildman–Crippen LogP) is 3.07. The van der Waals surface area contributed by atoms with Gasteiger partial charge in [0.15, 0.2) is 0 Å². The highest BCUT2D eigenvalue weighted by Gasteiger charge is 2.03. The fourth-order valence-electron chi connectivity index (χ4n) is 1.55. The van der Waals surface area contributed by atoms with Gasteiger partial charge < -0.3 is 5.32 Å². The molecule has 0 bridgehead atoms. The summed E-state index contributed by atoms with van der Waals surface area (Å²) in [4.78, 5) is 14.4. The van der Waals surface area contributed by atoms with Gasteiger partial charge in [-0.2, -0.15) is 0 Å². The monoisotopic (exact) mass is 246 g/mol. The second-order valence-corrected chi connectivity index (χ2v) is 3.97. The van der Waals surface area contributed by atoms with Crippen LogP contribution in [0, 0.1) is 0 Å². The summed E-state index contributed by atoms with van der Waals surface area (Å²) in [5.41, 5.74) is 10.00. The molecule has 96 valence electrons. The van der Waals surface area contributed by atoms with Crippen LogP contribution in [0.25, 0.3) is 10.4 Å². The summed E-state index contributed by atoms with van der Waals surface area (Å²) >= 11 is 0. The standard InChI is InChI=1S/C13H18N4O/c1-2-11-5-7-12(8-6-11)13(18)15-9-3-4-10-16-17-14/h5-8H,2-4,9-10H2,1H3,(H,15,18). The highest BCUT2D eigenvalue weighted by atomic mass is 16.1. The normalized spacial score (nSPS) is 9.61. The molecule has 5 heteroatoms. The van der Waals surface area contributed by atoms with E-state index in [4.69, 9.17) is 5.53 Å². The molecule has 5 nitrogen and oxygen atoms in total. The third kappa shape index (κ3) is 4.89. The Labute approximate surface area is 107 Å². The summed E-state index contributed by atoms with van der Waals surface area (Å²) in [5.74, 6) is -0.0542. The molecule has 0 aliphatic rings. The van der Waals surface area contributed by atoms with Crippen molar-refractivity contribution in [3.05, 3.63) is 45.8 Å². The molecule has 1 rings (SSSR count). The minimum absolute atomic E-state index is 0.0542. The maximum atomic E-state index is 11.7. The van der Waals surface area contributed by atoms with Crippen LogP contribution in [0.3, 0.4) is 0 Å². The largest absolute Gasteiger partial charge is 0.352 e. The maximum absolute atomic E-state index is 11.7. The first-order chi connectivity index (χ1) is 8.77. The van der Waals surface area contributed by atoms with E-state index in [1.807, 2.05) is 24.3 Å². The Morgan fingerprint density at radius 1 is 1.33 bits per heavy atom. The third-order valence-electron chi connectivity index (χ3n) is 2.66. The summed E-state index contributed by atoms with van der Waals surface area (Å²) < 4.78 is 0. The zero-order chi connectivity index (χ0) is 13.2. The Morgan fingerprint density at radius 3 is 2.67 bits per heavy atom. The van der Waals surface area contributed by atoms with Gasteiger partial charge in [0.25, 0.3) is 5.91 Å². The number of benzene rings is 1. The number of nitrogens with one attached hydrogen (secondary N) is 1. The van der Waals surface area contributed by atoms with Gasteiger partial charge in [0, 0.05) is 23.6 Å². The second kappa shape index (κ2) is 8.14. The molecule has 1 amide bonds. The third-order valence-corrected chi connectivity index (χ3v) is 2.66. The van der Waals surface area contributed by atoms with Crippen LogP contribution in [-0.2, 0) is 6.42 Å². The summed E-state index contributed by atoms with van der Waals surface area (Å²) in [6.07, 6.45) is 2.58. The van der Waals surface area contributed by atoms with Crippen molar-refractivity contribution in [2.75, 3.05) is 13.1 Å². The Kier molecular flexibility index (Phi) is 6.36. The molecule has 0 atom stereocenters. The van der Waals surface area contributed by atoms with Crippen molar-refractivity contribution in [2.45, 2.75) is 26.2 Å². The Morgan fingerprint density at radius 2 is 2.06 bits per heavy atom. The average Bonchev–Trinajstić information content (AvgIpc) is 2.42. The van der Waals surface area contributed by atoms with Gasteiger partial charge in [-0.3, -0.25) is 4.79 Å². The van der Waals surface area contributed by atoms with Crippen molar-refractivity contribution in [3.63, 3.8) is 0 Å². The number of hydrogen-bond acceptors (Lipinski definition) is 2. The summed E-state index contributed by atoms with van der Waals surface area (Å²) in [7, 11) is 0. The van der Waals surface area contributed by atoms with Crippen molar-refractivity contribution in [1.82, 2.24) is 5.32 Å². The molecular formula is C13H18N4O. The van der Waals surface area contributed by atoms with Crippen LogP contribution in [0.5, 0.6) is 0 Å². The van der Waals surface area contributed by atoms with E-state index in [2.05, 4.69) is 22.3 Å². The lowest BCUT2D eigenvalue weighted by atomic mass is 10.1. The molecule has 0 aliphatic carbocycles. The van der Waals surface area contributed by atoms with Crippen LogP contribution in [-0.4, -0.2) is 19.0 Å². The highest BCUT2D eigenvalue weighted by Crippen LogP contribution is 2.04. The van der Waals surface area contributed by atoms with Crippen LogP contribution in [0.2, 0.25) is 0 Å². The van der Waals surface area contributed by atoms with Crippen LogP contribution in [0.1, 0.15) is 35.7 Å². The van der Waals surface area contributed by atoms with E-state index in [9.17, 15) is 4.79 Å². The van der Waals surface area contributed by atoms with E-state index < -0.39 is 0 Å². The van der Waals surface area contributed by atoms with Crippen LogP contribution in [0.15, 0.2) is 29.4 Å². The first-order valence-corrected chi connectivity index (χ1v) is 6.16. The first kappa shape index (κ1) is 14.1. The first-order valence-electron chi connectivity index (χ1n) is 6.16. The van der Waals surface area contributed by atoms with Gasteiger partial charge in [0.1, 0.15) is 0 Å². The molecule has 0 radical (unpaired) electrons. The molecule has 1 aromatic carbocycles. The predicted molar refractivity (Wildman–Crippen MR) is 71.4 cm³/mol. The molecule has 0 aromatic heterocycles. The molecule has 1 N–H and O–H groups in total. The fraction of sp³-hybridized carbons (Fsp3) is 0.462. The van der Waals surface area contributed by atoms with Crippen molar-refractivity contribution in [2.24, 2.45) is 5.11 Å². The number of hydrogen-bond donors (Lipinski definition) is 1. The molecule has 18 heavy (non-hydrogen) atoms. The summed E-state index contributed by atoms with van der Waals surface area (Å²) in [5, 5.41) is 6.27. The quantitative estimate of drug-likeness (QED) is 0.341. The fourth-order valence-corrected chi connectivity index (χ4v) is 1.55. The van der Waals surface area contributed by atoms with Gasteiger partial charge in [-0.1, -0.05) is 24.2 Å². The Bertz CT molecular complexity index is 421. The molecule has 1 aromatic rings. The topological polar surface area (TPSA) is 77.9 Å². The van der Waals surface area contributed by atoms with E-state index in [1.54, 1.807) is 0 Å². The van der Waals surface area contributed by atoms with Gasteiger partial charge in [-0.05, 0) is 42.5 Å². The van der Waals surface area contributed by atoms with Gasteiger partial charge in [-0.25, -0.2) is 0 Å². The number of carbonyl (C=O) groups is 1. The summed E-state index contributed by atoms with van der Waals surface area (Å²) in [6.45, 7) is 3.17. The SMILES string of the molecule is CCc1ccc(C(=O)NCCCCN=[N+]=[N-])cc1. The Hall–Kier alpha value is -2.00. The molecule has 0 spiro atoms. The summed E-state index contributed by atoms with van der Waals surface area (Å²) in [6, 6.07) is 7.62. The minimum atomic E-state index is -0.0542. The molecular weight excluding hydrogens is 228 g/mol. The highest BCUT2D eigenvalue weighted by molar-refractivity contribution is 5.94. The van der Waals surface area contributed by atoms with Gasteiger partial charge >= 0.3 is 0 Å². The minimum Gasteiger partial charge on any atom is -0.352 e. The van der Waals surface area contributed by atoms with Crippen molar-refractivity contribution in [1.29, 1.82) is 0 Å². The van der Waals surface area contributed by atoms with Crippen LogP contribution >= 0.6 is 0 Å². The van der Waals surface area contributed by atoms with E-state index >= 15 is 0 Å². The number of rotatable bonds is 7. The zero-order valence-electron chi connectivity index (χ0n) is 10.6. The maximum Gasteiger partial charge on any atom is 0.251 e. The number of amides is 1. The van der Waals surface area contributed by atoms with Crippen LogP contribution in [0.4, 0.5) is 0 Å². The lowest BCUT2D eigenvalue weighted by Crippen LogP contribution is -2.24. The molecule has 0 saturated carbocycles. The number of aryl methyl sites for hydroxylation is 1. The molecule has 0 unspecified atom stereocenters. The van der Waals surface area contributed by atoms with Gasteiger partial charge in [0.05, 0.1) is 0 Å². The van der Waals surface area contributed by atoms with Crippen LogP contribution < -0.4 is 5.32 Å². The lowest BCUT2D eigenvalue weighted by Gasteiger charge is -2.05. The van der Waals surface area contributed by atoms with Gasteiger partial charge in [0.2, 0.25) is 0 Å². The lowest BCUT2D eigenvalue weighted by molar-refractivity contribution is 0.0953. The molecule has 0 saturated heterocycles. The van der Waals surface area contributed by atoms with E-state index in [1.165, 1.54) is 5.56 Å². The molecule has 0 heterocycles. The van der Waals surface area contributed by atoms with Gasteiger partial charge in [-0.15, -0.1) is 0 Å². The molecule has 0 fully saturated rings. The van der Waals surface area contributed by atoms with E-state index in [0.717, 1.165) is 19.3 Å². The van der Waals surface area contributed by atoms with E-state index in [0.29, 0.717) is 18.7 Å². The van der Waals surface area contributed by atoms with E-state index in [-0.39, 0.29) is 5.91 Å². The number of azide groups is 1. The number of nitrogens with zero attached hydrogens (tertiary/aromatic N) is 3. The molecule has 0 aliphatic heterocycles. The Balaban J connectivity index is 2.29. The van der Waals surface area contributed by atoms with Crippen molar-refractivity contribution in [3.8, 4) is 0 Å². The average molecular weight is 246 g/mol. The van der Waals surface area contributed by atoms with Crippen molar-refractivity contribution >= 4 is 5.91 Å². The zero-order valence-corrected chi connectivity index (χ0v) is 10.6. The second-order valence-electron chi connectivity index (χ2n) is 3.97. The smallest absolute Gasteiger partial charge is 0.251 e.